The van der Waals surface area contributed by atoms with Crippen LogP contribution in [0.3, 0.4) is 0 Å². The van der Waals surface area contributed by atoms with Crippen LogP contribution < -0.4 is 5.32 Å². The van der Waals surface area contributed by atoms with Crippen molar-refractivity contribution in [2.45, 2.75) is 25.8 Å². The number of nitrogens with zero attached hydrogens (tertiary/aromatic N) is 2. The summed E-state index contributed by atoms with van der Waals surface area (Å²) in [7, 11) is 0. The summed E-state index contributed by atoms with van der Waals surface area (Å²) in [6.45, 7) is 1.13. The third kappa shape index (κ3) is 3.96. The van der Waals surface area contributed by atoms with E-state index in [2.05, 4.69) is 10.4 Å². The Kier molecular flexibility index (Phi) is 5.37. The number of halogens is 4. The van der Waals surface area contributed by atoms with Crippen LogP contribution in [0.1, 0.15) is 18.4 Å². The molecule has 1 atom stereocenters. The molecule has 4 nitrogen and oxygen atoms in total. The summed E-state index contributed by atoms with van der Waals surface area (Å²) in [5.41, 5.74) is 0.851. The van der Waals surface area contributed by atoms with Crippen LogP contribution in [0.15, 0.2) is 30.6 Å². The Morgan fingerprint density at radius 2 is 2.00 bits per heavy atom. The average Bonchev–Trinajstić information content (AvgIpc) is 2.84. The summed E-state index contributed by atoms with van der Waals surface area (Å²) in [5.74, 6) is -0.953. The fraction of sp³-hybridized carbons (Fsp3) is 0.286. The van der Waals surface area contributed by atoms with Gasteiger partial charge in [-0.25, -0.2) is 8.78 Å². The van der Waals surface area contributed by atoms with Crippen molar-refractivity contribution in [1.82, 2.24) is 9.78 Å². The van der Waals surface area contributed by atoms with Gasteiger partial charge in [-0.05, 0) is 19.1 Å². The first-order valence-corrected chi connectivity index (χ1v) is 7.19. The third-order valence-electron chi connectivity index (χ3n) is 3.05. The van der Waals surface area contributed by atoms with Crippen molar-refractivity contribution in [2.75, 3.05) is 5.32 Å². The zero-order chi connectivity index (χ0) is 16.3. The van der Waals surface area contributed by atoms with Gasteiger partial charge in [0.2, 0.25) is 5.91 Å². The van der Waals surface area contributed by atoms with Crippen molar-refractivity contribution in [3.8, 4) is 0 Å². The van der Waals surface area contributed by atoms with E-state index in [1.165, 1.54) is 12.4 Å². The van der Waals surface area contributed by atoms with E-state index in [-0.39, 0.29) is 5.91 Å². The number of alkyl halides is 2. The summed E-state index contributed by atoms with van der Waals surface area (Å²) in [5, 5.41) is 7.13. The van der Waals surface area contributed by atoms with Crippen LogP contribution >= 0.6 is 23.2 Å². The molecule has 0 fully saturated rings. The van der Waals surface area contributed by atoms with E-state index in [1.807, 2.05) is 0 Å². The molecule has 0 bridgehead atoms. The molecule has 22 heavy (non-hydrogen) atoms. The molecule has 1 N–H and O–H groups in total. The summed E-state index contributed by atoms with van der Waals surface area (Å²) in [6, 6.07) is 4.98. The first-order valence-electron chi connectivity index (χ1n) is 6.44. The number of carbonyl (C=O) groups excluding carboxylic acids is 1. The molecule has 8 heteroatoms. The molecule has 0 saturated carbocycles. The number of hydrogen-bond acceptors (Lipinski definition) is 2. The van der Waals surface area contributed by atoms with Crippen molar-refractivity contribution in [1.29, 1.82) is 0 Å². The highest BCUT2D eigenvalue weighted by molar-refractivity contribution is 6.36. The Bertz CT molecular complexity index is 656. The second-order valence-corrected chi connectivity index (χ2v) is 5.50. The number of hydrogen-bond donors (Lipinski definition) is 1. The predicted molar refractivity (Wildman–Crippen MR) is 81.7 cm³/mol. The van der Waals surface area contributed by atoms with E-state index < -0.39 is 18.9 Å². The normalized spacial score (nSPS) is 12.5. The average molecular weight is 348 g/mol. The molecule has 1 aromatic carbocycles. The molecular weight excluding hydrogens is 335 g/mol. The quantitative estimate of drug-likeness (QED) is 0.880. The lowest BCUT2D eigenvalue weighted by Crippen LogP contribution is -2.19. The van der Waals surface area contributed by atoms with Crippen molar-refractivity contribution in [2.24, 2.45) is 0 Å². The highest BCUT2D eigenvalue weighted by Gasteiger charge is 2.21. The maximum Gasteiger partial charge on any atom is 0.257 e. The molecule has 0 saturated heterocycles. The molecule has 0 aliphatic carbocycles. The van der Waals surface area contributed by atoms with Crippen LogP contribution in [0, 0.1) is 0 Å². The number of amides is 1. The number of rotatable bonds is 5. The molecule has 2 aromatic rings. The van der Waals surface area contributed by atoms with Crippen molar-refractivity contribution >= 4 is 34.8 Å². The molecular formula is C14H13Cl2F2N3O. The highest BCUT2D eigenvalue weighted by Crippen LogP contribution is 2.32. The lowest BCUT2D eigenvalue weighted by Gasteiger charge is -2.14. The van der Waals surface area contributed by atoms with Gasteiger partial charge in [0.1, 0.15) is 6.54 Å². The summed E-state index contributed by atoms with van der Waals surface area (Å²) in [4.78, 5) is 12.2. The van der Waals surface area contributed by atoms with Gasteiger partial charge in [0.15, 0.2) is 0 Å². The standard InChI is InChI=1S/C14H13Cl2F2N3O/c1-8(13-10(15)3-2-4-11(13)16)14(22)20-9-5-19-21(6-9)7-12(17)18/h2-6,8,12H,7H2,1H3,(H,20,22). The maximum absolute atomic E-state index is 12.3. The molecule has 2 rings (SSSR count). The first kappa shape index (κ1) is 16.7. The zero-order valence-electron chi connectivity index (χ0n) is 11.6. The minimum Gasteiger partial charge on any atom is -0.323 e. The number of anilines is 1. The topological polar surface area (TPSA) is 46.9 Å². The number of nitrogens with one attached hydrogen (secondary N) is 1. The van der Waals surface area contributed by atoms with E-state index in [4.69, 9.17) is 23.2 Å². The highest BCUT2D eigenvalue weighted by atomic mass is 35.5. The van der Waals surface area contributed by atoms with Gasteiger partial charge in [-0.2, -0.15) is 5.10 Å². The van der Waals surface area contributed by atoms with Crippen LogP contribution in [0.2, 0.25) is 10.0 Å². The van der Waals surface area contributed by atoms with Crippen LogP contribution in [0.25, 0.3) is 0 Å². The fourth-order valence-electron chi connectivity index (χ4n) is 1.98. The molecule has 1 amide bonds. The number of aromatic nitrogens is 2. The van der Waals surface area contributed by atoms with Gasteiger partial charge in [0.05, 0.1) is 17.8 Å². The molecule has 1 unspecified atom stereocenters. The summed E-state index contributed by atoms with van der Waals surface area (Å²) in [6.07, 6.45) is 0.135. The van der Waals surface area contributed by atoms with Crippen LogP contribution in [0.4, 0.5) is 14.5 Å². The van der Waals surface area contributed by atoms with Gasteiger partial charge < -0.3 is 5.32 Å². The smallest absolute Gasteiger partial charge is 0.257 e. The minimum atomic E-state index is -2.51. The summed E-state index contributed by atoms with van der Waals surface area (Å²) >= 11 is 12.1. The van der Waals surface area contributed by atoms with E-state index in [0.717, 1.165) is 4.68 Å². The maximum atomic E-state index is 12.3. The molecule has 0 aliphatic heterocycles. The zero-order valence-corrected chi connectivity index (χ0v) is 13.1. The third-order valence-corrected chi connectivity index (χ3v) is 3.71. The molecule has 0 radical (unpaired) electrons. The van der Waals surface area contributed by atoms with Gasteiger partial charge in [0.25, 0.3) is 6.43 Å². The molecule has 0 aliphatic rings. The van der Waals surface area contributed by atoms with Gasteiger partial charge >= 0.3 is 0 Å². The van der Waals surface area contributed by atoms with E-state index in [1.54, 1.807) is 25.1 Å². The number of carbonyl (C=O) groups is 1. The Morgan fingerprint density at radius 3 is 2.59 bits per heavy atom. The fourth-order valence-corrected chi connectivity index (χ4v) is 2.70. The van der Waals surface area contributed by atoms with Crippen LogP contribution in [0.5, 0.6) is 0 Å². The molecule has 1 aromatic heterocycles. The van der Waals surface area contributed by atoms with Crippen molar-refractivity contribution in [3.63, 3.8) is 0 Å². The van der Waals surface area contributed by atoms with Gasteiger partial charge in [-0.1, -0.05) is 29.3 Å². The summed E-state index contributed by atoms with van der Waals surface area (Å²) < 4.78 is 25.6. The monoisotopic (exact) mass is 347 g/mol. The van der Waals surface area contributed by atoms with Crippen LogP contribution in [-0.4, -0.2) is 22.1 Å². The molecule has 118 valence electrons. The van der Waals surface area contributed by atoms with Gasteiger partial charge in [-0.15, -0.1) is 0 Å². The SMILES string of the molecule is CC(C(=O)Nc1cnn(CC(F)F)c1)c1c(Cl)cccc1Cl. The second kappa shape index (κ2) is 7.07. The minimum absolute atomic E-state index is 0.334. The van der Waals surface area contributed by atoms with E-state index in [0.29, 0.717) is 21.3 Å². The lowest BCUT2D eigenvalue weighted by molar-refractivity contribution is -0.117. The Labute approximate surface area is 136 Å². The Hall–Kier alpha value is -1.66. The number of benzene rings is 1. The largest absolute Gasteiger partial charge is 0.323 e. The van der Waals surface area contributed by atoms with E-state index in [9.17, 15) is 13.6 Å². The van der Waals surface area contributed by atoms with E-state index >= 15 is 0 Å². The molecule has 0 spiro atoms. The Balaban J connectivity index is 2.10. The van der Waals surface area contributed by atoms with Crippen LogP contribution in [-0.2, 0) is 11.3 Å². The van der Waals surface area contributed by atoms with Gasteiger partial charge in [0, 0.05) is 21.8 Å². The van der Waals surface area contributed by atoms with Crippen molar-refractivity contribution in [3.05, 3.63) is 46.2 Å². The Morgan fingerprint density at radius 1 is 1.36 bits per heavy atom. The van der Waals surface area contributed by atoms with Crippen molar-refractivity contribution < 1.29 is 13.6 Å². The predicted octanol–water partition coefficient (Wildman–Crippen LogP) is 4.20. The first-order chi connectivity index (χ1) is 10.4. The lowest BCUT2D eigenvalue weighted by atomic mass is 10.00. The molecule has 1 heterocycles. The van der Waals surface area contributed by atoms with Gasteiger partial charge in [-0.3, -0.25) is 9.48 Å². The second-order valence-electron chi connectivity index (χ2n) is 4.69.